The van der Waals surface area contributed by atoms with Crippen molar-refractivity contribution in [3.8, 4) is 0 Å². The molecular weight excluding hydrogens is 219 g/mol. The van der Waals surface area contributed by atoms with Crippen LogP contribution in [0.15, 0.2) is 0 Å². The third-order valence-electron chi connectivity index (χ3n) is 2.41. The van der Waals surface area contributed by atoms with Crippen molar-refractivity contribution < 1.29 is 23.5 Å². The highest BCUT2D eigenvalue weighted by atomic mass is 19.1. The van der Waals surface area contributed by atoms with Crippen LogP contribution in [0, 0.1) is 5.92 Å². The number of Topliss-reactive ketones (excluding diaryl/α,β-unsaturated/α-hetero) is 1. The van der Waals surface area contributed by atoms with Gasteiger partial charge in [0.15, 0.2) is 12.8 Å². The first-order valence-corrected chi connectivity index (χ1v) is 4.87. The van der Waals surface area contributed by atoms with Crippen molar-refractivity contribution >= 4 is 17.8 Å². The lowest BCUT2D eigenvalue weighted by Gasteiger charge is -2.16. The summed E-state index contributed by atoms with van der Waals surface area (Å²) >= 11 is 0. The smallest absolute Gasteiger partial charge is 0.405 e. The van der Waals surface area contributed by atoms with Crippen LogP contribution in [-0.2, 0) is 14.3 Å². The van der Waals surface area contributed by atoms with Gasteiger partial charge in [0.2, 0.25) is 11.7 Å². The summed E-state index contributed by atoms with van der Waals surface area (Å²) < 4.78 is 16.7. The van der Waals surface area contributed by atoms with Gasteiger partial charge < -0.3 is 15.8 Å². The van der Waals surface area contributed by atoms with Crippen LogP contribution in [0.5, 0.6) is 0 Å². The molecule has 7 heteroatoms. The number of alkyl halides is 1. The summed E-state index contributed by atoms with van der Waals surface area (Å²) in [4.78, 5) is 32.8. The molecule has 1 fully saturated rings. The van der Waals surface area contributed by atoms with E-state index in [0.29, 0.717) is 13.0 Å². The second-order valence-electron chi connectivity index (χ2n) is 3.54. The first-order valence-electron chi connectivity index (χ1n) is 4.87. The minimum Gasteiger partial charge on any atom is -0.438 e. The second kappa shape index (κ2) is 5.43. The molecule has 1 saturated heterocycles. The van der Waals surface area contributed by atoms with E-state index in [0.717, 1.165) is 0 Å². The van der Waals surface area contributed by atoms with Gasteiger partial charge in [-0.2, -0.15) is 0 Å². The summed E-state index contributed by atoms with van der Waals surface area (Å²) in [5.41, 5.74) is 4.76. The highest BCUT2D eigenvalue weighted by Gasteiger charge is 2.32. The van der Waals surface area contributed by atoms with Crippen LogP contribution in [0.2, 0.25) is 0 Å². The molecule has 0 aliphatic carbocycles. The van der Waals surface area contributed by atoms with Crippen molar-refractivity contribution in [2.75, 3.05) is 13.2 Å². The van der Waals surface area contributed by atoms with E-state index in [4.69, 9.17) is 5.73 Å². The Morgan fingerprint density at radius 2 is 2.31 bits per heavy atom. The van der Waals surface area contributed by atoms with Crippen molar-refractivity contribution in [1.29, 1.82) is 0 Å². The molecule has 0 aromatic carbocycles. The summed E-state index contributed by atoms with van der Waals surface area (Å²) in [7, 11) is 0. The minimum absolute atomic E-state index is 0.0163. The van der Waals surface area contributed by atoms with Gasteiger partial charge in [0.1, 0.15) is 0 Å². The molecule has 0 bridgehead atoms. The van der Waals surface area contributed by atoms with Crippen LogP contribution in [0.4, 0.5) is 9.18 Å². The molecule has 0 aromatic rings. The molecule has 2 atom stereocenters. The number of hydrogen-bond donors (Lipinski definition) is 2. The standard InChI is InChI=1S/C9H13FN2O4/c10-4-6(13)7(16-9(11)15)3-5-1-2-12-8(5)14/h5,7H,1-4H2,(H2,11,15)(H,12,14)/t5-,7-/m0/s1. The number of carbonyl (C=O) groups excluding carboxylic acids is 3. The fraction of sp³-hybridized carbons (Fsp3) is 0.667. The lowest BCUT2D eigenvalue weighted by atomic mass is 9.98. The molecule has 0 radical (unpaired) electrons. The Hall–Kier alpha value is -1.66. The number of nitrogens with two attached hydrogens (primary N) is 1. The lowest BCUT2D eigenvalue weighted by molar-refractivity contribution is -0.130. The molecule has 1 aliphatic heterocycles. The van der Waals surface area contributed by atoms with E-state index >= 15 is 0 Å². The van der Waals surface area contributed by atoms with Gasteiger partial charge in [-0.15, -0.1) is 0 Å². The summed E-state index contributed by atoms with van der Waals surface area (Å²) in [6.07, 6.45) is -1.89. The highest BCUT2D eigenvalue weighted by molar-refractivity contribution is 5.87. The number of hydrogen-bond acceptors (Lipinski definition) is 4. The normalized spacial score (nSPS) is 21.3. The van der Waals surface area contributed by atoms with Gasteiger partial charge in [-0.25, -0.2) is 9.18 Å². The van der Waals surface area contributed by atoms with Gasteiger partial charge >= 0.3 is 6.09 Å². The maximum atomic E-state index is 12.2. The summed E-state index contributed by atoms with van der Waals surface area (Å²) in [6, 6.07) is 0. The predicted octanol–water partition coefficient (Wildman–Crippen LogP) is -0.485. The largest absolute Gasteiger partial charge is 0.438 e. The third kappa shape index (κ3) is 3.18. The van der Waals surface area contributed by atoms with Gasteiger partial charge in [0, 0.05) is 18.9 Å². The van der Waals surface area contributed by atoms with Crippen molar-refractivity contribution in [1.82, 2.24) is 5.32 Å². The van der Waals surface area contributed by atoms with E-state index in [1.165, 1.54) is 0 Å². The second-order valence-corrected chi connectivity index (χ2v) is 3.54. The monoisotopic (exact) mass is 232 g/mol. The maximum absolute atomic E-state index is 12.2. The molecular formula is C9H13FN2O4. The topological polar surface area (TPSA) is 98.5 Å². The number of ketones is 1. The average Bonchev–Trinajstić information content (AvgIpc) is 2.61. The Morgan fingerprint density at radius 1 is 1.62 bits per heavy atom. The molecule has 1 heterocycles. The number of halogens is 1. The number of amides is 2. The molecule has 1 aliphatic rings. The average molecular weight is 232 g/mol. The molecule has 0 saturated carbocycles. The molecule has 0 spiro atoms. The number of nitrogens with one attached hydrogen (secondary N) is 1. The van der Waals surface area contributed by atoms with E-state index in [1.807, 2.05) is 0 Å². The molecule has 0 unspecified atom stereocenters. The number of rotatable bonds is 5. The highest BCUT2D eigenvalue weighted by Crippen LogP contribution is 2.18. The van der Waals surface area contributed by atoms with Gasteiger partial charge in [-0.05, 0) is 6.42 Å². The number of primary amides is 1. The Balaban J connectivity index is 2.58. The maximum Gasteiger partial charge on any atom is 0.405 e. The van der Waals surface area contributed by atoms with Crippen molar-refractivity contribution in [3.05, 3.63) is 0 Å². The van der Waals surface area contributed by atoms with Crippen molar-refractivity contribution in [2.45, 2.75) is 18.9 Å². The number of carbonyl (C=O) groups is 3. The van der Waals surface area contributed by atoms with Gasteiger partial charge in [0.05, 0.1) is 0 Å². The van der Waals surface area contributed by atoms with E-state index in [2.05, 4.69) is 10.1 Å². The summed E-state index contributed by atoms with van der Waals surface area (Å²) in [5.74, 6) is -1.52. The summed E-state index contributed by atoms with van der Waals surface area (Å²) in [5, 5.41) is 2.57. The Morgan fingerprint density at radius 3 is 2.75 bits per heavy atom. The van der Waals surface area contributed by atoms with Crippen molar-refractivity contribution in [3.63, 3.8) is 0 Å². The molecule has 3 N–H and O–H groups in total. The van der Waals surface area contributed by atoms with E-state index < -0.39 is 30.6 Å². The number of ether oxygens (including phenoxy) is 1. The minimum atomic E-state index is -1.27. The van der Waals surface area contributed by atoms with Crippen molar-refractivity contribution in [2.24, 2.45) is 11.7 Å². The molecule has 2 amide bonds. The molecule has 16 heavy (non-hydrogen) atoms. The first kappa shape index (κ1) is 12.4. The van der Waals surface area contributed by atoms with Crippen LogP contribution in [0.1, 0.15) is 12.8 Å². The zero-order valence-electron chi connectivity index (χ0n) is 8.57. The Bertz CT molecular complexity index is 308. The zero-order chi connectivity index (χ0) is 12.1. The fourth-order valence-corrected chi connectivity index (χ4v) is 1.60. The van der Waals surface area contributed by atoms with Crippen LogP contribution in [0.3, 0.4) is 0 Å². The van der Waals surface area contributed by atoms with Gasteiger partial charge in [-0.3, -0.25) is 9.59 Å². The van der Waals surface area contributed by atoms with E-state index in [1.54, 1.807) is 0 Å². The Kier molecular flexibility index (Phi) is 4.21. The van der Waals surface area contributed by atoms with Crippen LogP contribution >= 0.6 is 0 Å². The Labute approximate surface area is 91.3 Å². The molecule has 1 rings (SSSR count). The zero-order valence-corrected chi connectivity index (χ0v) is 8.57. The van der Waals surface area contributed by atoms with E-state index in [-0.39, 0.29) is 12.3 Å². The van der Waals surface area contributed by atoms with Gasteiger partial charge in [-0.1, -0.05) is 0 Å². The SMILES string of the molecule is NC(=O)O[C@@H](C[C@@H]1CCNC1=O)C(=O)CF. The van der Waals surface area contributed by atoms with Crippen LogP contribution in [-0.4, -0.2) is 37.1 Å². The lowest BCUT2D eigenvalue weighted by Crippen LogP contribution is -2.34. The van der Waals surface area contributed by atoms with Crippen LogP contribution < -0.4 is 11.1 Å². The third-order valence-corrected chi connectivity index (χ3v) is 2.41. The van der Waals surface area contributed by atoms with Gasteiger partial charge in [0.25, 0.3) is 0 Å². The molecule has 90 valence electrons. The first-order chi connectivity index (χ1) is 7.54. The fourth-order valence-electron chi connectivity index (χ4n) is 1.60. The van der Waals surface area contributed by atoms with E-state index in [9.17, 15) is 18.8 Å². The molecule has 6 nitrogen and oxygen atoms in total. The molecule has 0 aromatic heterocycles. The quantitative estimate of drug-likeness (QED) is 0.668. The summed E-state index contributed by atoms with van der Waals surface area (Å²) in [6.45, 7) is -0.733. The van der Waals surface area contributed by atoms with Crippen LogP contribution in [0.25, 0.3) is 0 Å². The predicted molar refractivity (Wildman–Crippen MR) is 51.2 cm³/mol.